The zero-order chi connectivity index (χ0) is 10.8. The lowest BCUT2D eigenvalue weighted by atomic mass is 10.3. The molecule has 3 N–H and O–H groups in total. The predicted octanol–water partition coefficient (Wildman–Crippen LogP) is 0.263. The zero-order valence-electron chi connectivity index (χ0n) is 9.18. The van der Waals surface area contributed by atoms with Gasteiger partial charge in [0.2, 0.25) is 5.91 Å². The van der Waals surface area contributed by atoms with Crippen molar-refractivity contribution in [2.24, 2.45) is 0 Å². The van der Waals surface area contributed by atoms with Crippen molar-refractivity contribution in [2.75, 3.05) is 19.6 Å². The smallest absolute Gasteiger partial charge is 0.233 e. The van der Waals surface area contributed by atoms with Crippen LogP contribution < -0.4 is 10.6 Å². The number of carbonyl (C=O) groups is 1. The van der Waals surface area contributed by atoms with Crippen molar-refractivity contribution in [1.29, 1.82) is 0 Å². The second-order valence-electron chi connectivity index (χ2n) is 3.52. The highest BCUT2D eigenvalue weighted by atomic mass is 16.3. The van der Waals surface area contributed by atoms with E-state index >= 15 is 0 Å². The number of aliphatic hydroxyl groups is 1. The summed E-state index contributed by atoms with van der Waals surface area (Å²) in [5, 5.41) is 14.7. The number of unbranched alkanes of at least 4 members (excludes halogenated alkanes) is 1. The number of hydrogen-bond donors (Lipinski definition) is 3. The van der Waals surface area contributed by atoms with Crippen LogP contribution in [0.15, 0.2) is 0 Å². The third kappa shape index (κ3) is 9.48. The second kappa shape index (κ2) is 8.97. The minimum atomic E-state index is -0.300. The van der Waals surface area contributed by atoms with Crippen LogP contribution in [0.4, 0.5) is 0 Å². The largest absolute Gasteiger partial charge is 0.393 e. The third-order valence-corrected chi connectivity index (χ3v) is 1.88. The van der Waals surface area contributed by atoms with Gasteiger partial charge in [-0.05, 0) is 26.3 Å². The van der Waals surface area contributed by atoms with E-state index in [4.69, 9.17) is 5.11 Å². The van der Waals surface area contributed by atoms with Crippen LogP contribution in [0.25, 0.3) is 0 Å². The minimum absolute atomic E-state index is 0.0315. The third-order valence-electron chi connectivity index (χ3n) is 1.88. The highest BCUT2D eigenvalue weighted by Crippen LogP contribution is 1.85. The Morgan fingerprint density at radius 2 is 2.14 bits per heavy atom. The zero-order valence-corrected chi connectivity index (χ0v) is 9.18. The fourth-order valence-corrected chi connectivity index (χ4v) is 0.980. The first-order chi connectivity index (χ1) is 6.66. The lowest BCUT2D eigenvalue weighted by Gasteiger charge is -2.07. The van der Waals surface area contributed by atoms with Crippen LogP contribution in [-0.2, 0) is 4.79 Å². The summed E-state index contributed by atoms with van der Waals surface area (Å²) >= 11 is 0. The van der Waals surface area contributed by atoms with Crippen molar-refractivity contribution in [3.05, 3.63) is 0 Å². The summed E-state index contributed by atoms with van der Waals surface area (Å²) in [4.78, 5) is 11.1. The van der Waals surface area contributed by atoms with Gasteiger partial charge in [-0.1, -0.05) is 13.3 Å². The summed E-state index contributed by atoms with van der Waals surface area (Å²) in [6.45, 7) is 5.61. The molecule has 0 heterocycles. The van der Waals surface area contributed by atoms with Gasteiger partial charge in [0.25, 0.3) is 0 Å². The molecule has 4 heteroatoms. The Kier molecular flexibility index (Phi) is 8.57. The van der Waals surface area contributed by atoms with Crippen LogP contribution in [0.3, 0.4) is 0 Å². The molecule has 0 spiro atoms. The van der Waals surface area contributed by atoms with Crippen molar-refractivity contribution >= 4 is 5.91 Å². The maximum absolute atomic E-state index is 11.1. The van der Waals surface area contributed by atoms with Crippen molar-refractivity contribution in [1.82, 2.24) is 10.6 Å². The summed E-state index contributed by atoms with van der Waals surface area (Å²) in [6, 6.07) is 0. The van der Waals surface area contributed by atoms with Crippen LogP contribution in [0.2, 0.25) is 0 Å². The lowest BCUT2D eigenvalue weighted by Crippen LogP contribution is -2.35. The molecule has 1 amide bonds. The Balaban J connectivity index is 3.18. The van der Waals surface area contributed by atoms with Gasteiger partial charge in [-0.25, -0.2) is 0 Å². The van der Waals surface area contributed by atoms with Gasteiger partial charge in [0, 0.05) is 6.54 Å². The molecule has 4 nitrogen and oxygen atoms in total. The first-order valence-electron chi connectivity index (χ1n) is 5.32. The standard InChI is InChI=1S/C10H22N2O2/c1-3-4-6-12-10(14)8-11-7-5-9(2)13/h9,11,13H,3-8H2,1-2H3,(H,12,14). The van der Waals surface area contributed by atoms with Gasteiger partial charge in [0.05, 0.1) is 12.6 Å². The molecule has 0 saturated heterocycles. The van der Waals surface area contributed by atoms with Crippen molar-refractivity contribution in [3.8, 4) is 0 Å². The summed E-state index contributed by atoms with van der Waals surface area (Å²) in [6.07, 6.45) is 2.50. The highest BCUT2D eigenvalue weighted by molar-refractivity contribution is 5.77. The van der Waals surface area contributed by atoms with E-state index < -0.39 is 0 Å². The molecule has 0 saturated carbocycles. The molecular formula is C10H22N2O2. The van der Waals surface area contributed by atoms with Gasteiger partial charge >= 0.3 is 0 Å². The molecular weight excluding hydrogens is 180 g/mol. The van der Waals surface area contributed by atoms with Gasteiger partial charge in [0.15, 0.2) is 0 Å². The molecule has 0 aromatic heterocycles. The van der Waals surface area contributed by atoms with Gasteiger partial charge in [-0.3, -0.25) is 4.79 Å². The molecule has 84 valence electrons. The first kappa shape index (κ1) is 13.4. The van der Waals surface area contributed by atoms with E-state index in [1.54, 1.807) is 6.92 Å². The average molecular weight is 202 g/mol. The molecule has 0 radical (unpaired) electrons. The van der Waals surface area contributed by atoms with E-state index in [0.717, 1.165) is 19.4 Å². The topological polar surface area (TPSA) is 61.4 Å². The molecule has 1 atom stereocenters. The highest BCUT2D eigenvalue weighted by Gasteiger charge is 1.99. The van der Waals surface area contributed by atoms with E-state index in [0.29, 0.717) is 19.5 Å². The number of carbonyl (C=O) groups excluding carboxylic acids is 1. The summed E-state index contributed by atoms with van der Waals surface area (Å²) in [7, 11) is 0. The number of hydrogen-bond acceptors (Lipinski definition) is 3. The fourth-order valence-electron chi connectivity index (χ4n) is 0.980. The van der Waals surface area contributed by atoms with Crippen LogP contribution in [0.1, 0.15) is 33.1 Å². The van der Waals surface area contributed by atoms with Crippen molar-refractivity contribution < 1.29 is 9.90 Å². The monoisotopic (exact) mass is 202 g/mol. The van der Waals surface area contributed by atoms with Gasteiger partial charge in [-0.2, -0.15) is 0 Å². The Hall–Kier alpha value is -0.610. The second-order valence-corrected chi connectivity index (χ2v) is 3.52. The molecule has 0 aromatic rings. The van der Waals surface area contributed by atoms with Crippen LogP contribution in [0, 0.1) is 0 Å². The number of aliphatic hydroxyl groups excluding tert-OH is 1. The molecule has 0 fully saturated rings. The van der Waals surface area contributed by atoms with E-state index in [-0.39, 0.29) is 12.0 Å². The minimum Gasteiger partial charge on any atom is -0.393 e. The Bertz CT molecular complexity index is 149. The first-order valence-corrected chi connectivity index (χ1v) is 5.32. The van der Waals surface area contributed by atoms with Crippen molar-refractivity contribution in [3.63, 3.8) is 0 Å². The molecule has 0 aliphatic carbocycles. The van der Waals surface area contributed by atoms with Crippen molar-refractivity contribution in [2.45, 2.75) is 39.2 Å². The van der Waals surface area contributed by atoms with E-state index in [2.05, 4.69) is 17.6 Å². The number of nitrogens with one attached hydrogen (secondary N) is 2. The van der Waals surface area contributed by atoms with Crippen LogP contribution in [0.5, 0.6) is 0 Å². The molecule has 14 heavy (non-hydrogen) atoms. The quantitative estimate of drug-likeness (QED) is 0.495. The Labute approximate surface area is 86.1 Å². The lowest BCUT2D eigenvalue weighted by molar-refractivity contribution is -0.120. The molecule has 0 aliphatic rings. The van der Waals surface area contributed by atoms with Gasteiger partial charge in [-0.15, -0.1) is 0 Å². The van der Waals surface area contributed by atoms with Gasteiger partial charge < -0.3 is 15.7 Å². The summed E-state index contributed by atoms with van der Waals surface area (Å²) in [5.74, 6) is 0.0315. The Morgan fingerprint density at radius 1 is 1.43 bits per heavy atom. The predicted molar refractivity (Wildman–Crippen MR) is 57.1 cm³/mol. The van der Waals surface area contributed by atoms with E-state index in [1.165, 1.54) is 0 Å². The fraction of sp³-hybridized carbons (Fsp3) is 0.900. The summed E-state index contributed by atoms with van der Waals surface area (Å²) < 4.78 is 0. The normalized spacial score (nSPS) is 12.5. The van der Waals surface area contributed by atoms with Gasteiger partial charge in [0.1, 0.15) is 0 Å². The summed E-state index contributed by atoms with van der Waals surface area (Å²) in [5.41, 5.74) is 0. The maximum atomic E-state index is 11.1. The van der Waals surface area contributed by atoms with E-state index in [1.807, 2.05) is 0 Å². The molecule has 0 aromatic carbocycles. The molecule has 0 rings (SSSR count). The maximum Gasteiger partial charge on any atom is 0.233 e. The molecule has 0 aliphatic heterocycles. The molecule has 1 unspecified atom stereocenters. The van der Waals surface area contributed by atoms with E-state index in [9.17, 15) is 4.79 Å². The number of rotatable bonds is 8. The number of amides is 1. The average Bonchev–Trinajstić information content (AvgIpc) is 2.13. The SMILES string of the molecule is CCCCNC(=O)CNCCC(C)O. The Morgan fingerprint density at radius 3 is 2.71 bits per heavy atom. The molecule has 0 bridgehead atoms. The van der Waals surface area contributed by atoms with Crippen LogP contribution in [-0.4, -0.2) is 36.8 Å². The van der Waals surface area contributed by atoms with Crippen LogP contribution >= 0.6 is 0 Å².